The number of benzene rings is 1. The van der Waals surface area contributed by atoms with Crippen molar-refractivity contribution in [1.82, 2.24) is 9.62 Å². The van der Waals surface area contributed by atoms with Crippen molar-refractivity contribution in [1.29, 1.82) is 0 Å². The van der Waals surface area contributed by atoms with Gasteiger partial charge in [-0.3, -0.25) is 0 Å². The zero-order chi connectivity index (χ0) is 14.8. The van der Waals surface area contributed by atoms with Crippen molar-refractivity contribution < 1.29 is 8.42 Å². The van der Waals surface area contributed by atoms with Gasteiger partial charge in [-0.1, -0.05) is 19.9 Å². The second kappa shape index (κ2) is 7.58. The third kappa shape index (κ3) is 3.77. The molecule has 0 aromatic heterocycles. The van der Waals surface area contributed by atoms with Gasteiger partial charge < -0.3 is 5.32 Å². The molecule has 1 fully saturated rings. The Morgan fingerprint density at radius 3 is 2.48 bits per heavy atom. The molecule has 0 amide bonds. The van der Waals surface area contributed by atoms with E-state index in [2.05, 4.69) is 19.2 Å². The van der Waals surface area contributed by atoms with Gasteiger partial charge in [0.2, 0.25) is 10.0 Å². The average molecular weight is 333 g/mol. The van der Waals surface area contributed by atoms with Crippen molar-refractivity contribution in [2.45, 2.75) is 44.6 Å². The minimum Gasteiger partial charge on any atom is -0.314 e. The van der Waals surface area contributed by atoms with Crippen molar-refractivity contribution in [2.75, 3.05) is 19.6 Å². The molecule has 0 saturated carbocycles. The molecule has 4 nitrogen and oxygen atoms in total. The van der Waals surface area contributed by atoms with Crippen LogP contribution in [0.3, 0.4) is 0 Å². The van der Waals surface area contributed by atoms with Crippen LogP contribution >= 0.6 is 12.4 Å². The SMILES string of the molecule is CCc1ccc(S(=O)(=O)N2CCNCC2C)cc1CC.Cl. The maximum absolute atomic E-state index is 12.8. The van der Waals surface area contributed by atoms with Gasteiger partial charge in [0.1, 0.15) is 0 Å². The first-order valence-electron chi connectivity index (χ1n) is 7.35. The van der Waals surface area contributed by atoms with Gasteiger partial charge in [0.25, 0.3) is 0 Å². The van der Waals surface area contributed by atoms with E-state index in [4.69, 9.17) is 0 Å². The van der Waals surface area contributed by atoms with Crippen LogP contribution in [-0.4, -0.2) is 38.4 Å². The highest BCUT2D eigenvalue weighted by molar-refractivity contribution is 7.89. The van der Waals surface area contributed by atoms with Crippen LogP contribution in [0.2, 0.25) is 0 Å². The van der Waals surface area contributed by atoms with Gasteiger partial charge in [-0.05, 0) is 43.0 Å². The van der Waals surface area contributed by atoms with Gasteiger partial charge in [0.15, 0.2) is 0 Å². The van der Waals surface area contributed by atoms with E-state index < -0.39 is 10.0 Å². The first-order valence-corrected chi connectivity index (χ1v) is 8.79. The van der Waals surface area contributed by atoms with Crippen molar-refractivity contribution in [3.63, 3.8) is 0 Å². The van der Waals surface area contributed by atoms with E-state index >= 15 is 0 Å². The molecule has 1 atom stereocenters. The molecule has 1 saturated heterocycles. The van der Waals surface area contributed by atoms with E-state index in [0.29, 0.717) is 18.0 Å². The van der Waals surface area contributed by atoms with Gasteiger partial charge in [-0.15, -0.1) is 12.4 Å². The molecule has 0 bridgehead atoms. The molecule has 1 aromatic rings. The van der Waals surface area contributed by atoms with Crippen molar-refractivity contribution in [3.05, 3.63) is 29.3 Å². The van der Waals surface area contributed by atoms with Crippen LogP contribution in [0.15, 0.2) is 23.1 Å². The Morgan fingerprint density at radius 1 is 1.24 bits per heavy atom. The predicted molar refractivity (Wildman–Crippen MR) is 88.7 cm³/mol. The second-order valence-corrected chi connectivity index (χ2v) is 7.20. The monoisotopic (exact) mass is 332 g/mol. The highest BCUT2D eigenvalue weighted by Gasteiger charge is 2.31. The van der Waals surface area contributed by atoms with Gasteiger partial charge in [0, 0.05) is 25.7 Å². The largest absolute Gasteiger partial charge is 0.314 e. The lowest BCUT2D eigenvalue weighted by Gasteiger charge is -2.33. The number of halogens is 1. The Kier molecular flexibility index (Phi) is 6.66. The average Bonchev–Trinajstić information content (AvgIpc) is 2.46. The Balaban J connectivity index is 0.00000220. The summed E-state index contributed by atoms with van der Waals surface area (Å²) in [5, 5.41) is 3.22. The summed E-state index contributed by atoms with van der Waals surface area (Å²) in [5.41, 5.74) is 2.37. The summed E-state index contributed by atoms with van der Waals surface area (Å²) in [6.45, 7) is 8.09. The van der Waals surface area contributed by atoms with E-state index in [0.717, 1.165) is 24.9 Å². The highest BCUT2D eigenvalue weighted by atomic mass is 35.5. The highest BCUT2D eigenvalue weighted by Crippen LogP contribution is 2.22. The topological polar surface area (TPSA) is 49.4 Å². The number of aryl methyl sites for hydroxylation is 2. The number of hydrogen-bond donors (Lipinski definition) is 1. The van der Waals surface area contributed by atoms with Crippen LogP contribution in [-0.2, 0) is 22.9 Å². The summed E-state index contributed by atoms with van der Waals surface area (Å²) in [5.74, 6) is 0. The summed E-state index contributed by atoms with van der Waals surface area (Å²) < 4.78 is 27.1. The summed E-state index contributed by atoms with van der Waals surface area (Å²) in [6, 6.07) is 5.56. The standard InChI is InChI=1S/C15H24N2O2S.ClH/c1-4-13-6-7-15(10-14(13)5-2)20(18,19)17-9-8-16-11-12(17)3;/h6-7,10,12,16H,4-5,8-9,11H2,1-3H3;1H. The molecule has 0 spiro atoms. The fourth-order valence-electron chi connectivity index (χ4n) is 2.75. The second-order valence-electron chi connectivity index (χ2n) is 5.31. The summed E-state index contributed by atoms with van der Waals surface area (Å²) in [4.78, 5) is 0.431. The summed E-state index contributed by atoms with van der Waals surface area (Å²) in [7, 11) is -3.38. The van der Waals surface area contributed by atoms with Crippen LogP contribution in [0.25, 0.3) is 0 Å². The van der Waals surface area contributed by atoms with Crippen LogP contribution in [0, 0.1) is 0 Å². The molecule has 6 heteroatoms. The molecule has 0 aliphatic carbocycles. The normalized spacial score (nSPS) is 20.0. The minimum absolute atomic E-state index is 0. The van der Waals surface area contributed by atoms with Gasteiger partial charge >= 0.3 is 0 Å². The lowest BCUT2D eigenvalue weighted by molar-refractivity contribution is 0.284. The van der Waals surface area contributed by atoms with E-state index in [1.165, 1.54) is 5.56 Å². The quantitative estimate of drug-likeness (QED) is 0.919. The lowest BCUT2D eigenvalue weighted by atomic mass is 10.0. The van der Waals surface area contributed by atoms with Gasteiger partial charge in [-0.25, -0.2) is 8.42 Å². The van der Waals surface area contributed by atoms with Crippen LogP contribution in [0.1, 0.15) is 31.9 Å². The number of nitrogens with zero attached hydrogens (tertiary/aromatic N) is 1. The summed E-state index contributed by atoms with van der Waals surface area (Å²) >= 11 is 0. The zero-order valence-electron chi connectivity index (χ0n) is 12.9. The molecule has 1 aliphatic rings. The molecule has 120 valence electrons. The van der Waals surface area contributed by atoms with E-state index in [-0.39, 0.29) is 18.4 Å². The molecule has 1 unspecified atom stereocenters. The third-order valence-corrected chi connectivity index (χ3v) is 6.00. The number of nitrogens with one attached hydrogen (secondary N) is 1. The molecular weight excluding hydrogens is 308 g/mol. The maximum Gasteiger partial charge on any atom is 0.243 e. The Bertz CT molecular complexity index is 575. The molecule has 1 aromatic carbocycles. The first kappa shape index (κ1) is 18.4. The number of hydrogen-bond acceptors (Lipinski definition) is 3. The summed E-state index contributed by atoms with van der Waals surface area (Å²) in [6.07, 6.45) is 1.80. The van der Waals surface area contributed by atoms with Crippen molar-refractivity contribution >= 4 is 22.4 Å². The Labute approximate surface area is 134 Å². The van der Waals surface area contributed by atoms with E-state index in [9.17, 15) is 8.42 Å². The molecular formula is C15H25ClN2O2S. The molecule has 2 rings (SSSR count). The van der Waals surface area contributed by atoms with Crippen molar-refractivity contribution in [2.24, 2.45) is 0 Å². The Morgan fingerprint density at radius 2 is 1.90 bits per heavy atom. The maximum atomic E-state index is 12.8. The Hall–Kier alpha value is -0.620. The van der Waals surface area contributed by atoms with Crippen LogP contribution in [0.4, 0.5) is 0 Å². The zero-order valence-corrected chi connectivity index (χ0v) is 14.6. The third-order valence-electron chi connectivity index (χ3n) is 3.99. The van der Waals surface area contributed by atoms with Crippen molar-refractivity contribution in [3.8, 4) is 0 Å². The van der Waals surface area contributed by atoms with Crippen LogP contribution in [0.5, 0.6) is 0 Å². The predicted octanol–water partition coefficient (Wildman–Crippen LogP) is 2.22. The lowest BCUT2D eigenvalue weighted by Crippen LogP contribution is -2.52. The smallest absolute Gasteiger partial charge is 0.243 e. The van der Waals surface area contributed by atoms with Gasteiger partial charge in [-0.2, -0.15) is 4.31 Å². The molecule has 1 heterocycles. The molecule has 0 radical (unpaired) electrons. The van der Waals surface area contributed by atoms with E-state index in [1.54, 1.807) is 10.4 Å². The first-order chi connectivity index (χ1) is 9.50. The van der Waals surface area contributed by atoms with Crippen LogP contribution < -0.4 is 5.32 Å². The molecule has 1 aliphatic heterocycles. The minimum atomic E-state index is -3.38. The number of piperazine rings is 1. The van der Waals surface area contributed by atoms with Gasteiger partial charge in [0.05, 0.1) is 4.90 Å². The number of rotatable bonds is 4. The fraction of sp³-hybridized carbons (Fsp3) is 0.600. The fourth-order valence-corrected chi connectivity index (χ4v) is 4.43. The number of sulfonamides is 1. The molecule has 1 N–H and O–H groups in total. The van der Waals surface area contributed by atoms with E-state index in [1.807, 2.05) is 19.1 Å². The molecule has 21 heavy (non-hydrogen) atoms.